The van der Waals surface area contributed by atoms with Crippen LogP contribution in [0.1, 0.15) is 38.7 Å². The summed E-state index contributed by atoms with van der Waals surface area (Å²) in [7, 11) is 0. The van der Waals surface area contributed by atoms with Gasteiger partial charge in [0.1, 0.15) is 36.6 Å². The third-order valence-corrected chi connectivity index (χ3v) is 10.6. The van der Waals surface area contributed by atoms with Gasteiger partial charge in [-0.2, -0.15) is 0 Å². The Morgan fingerprint density at radius 3 is 2.09 bits per heavy atom. The Labute approximate surface area is 320 Å². The number of ether oxygens (including phenoxy) is 6. The highest BCUT2D eigenvalue weighted by molar-refractivity contribution is 5.14. The topological polar surface area (TPSA) is 364 Å². The van der Waals surface area contributed by atoms with Crippen LogP contribution in [0.5, 0.6) is 0 Å². The first-order chi connectivity index (χ1) is 27.0. The minimum absolute atomic E-state index is 0.149. The standard InChI is InChI=1S/C32H47N13O11/c1-14-10-18(40-44-35)23(47)29(27(14)54-30-17(39-43-34)8-9-19(51-30)15(2)37-11-16-6-4-3-5-7-16)56-32-26(50)28(21(13-46)53-32)55-31-22(41-45-36)25(49)24(48)20(52-31)12-38-42-33/h3-7,14-15,17-32,37,46-50H,8-13H2,1-2H3. The summed E-state index contributed by atoms with van der Waals surface area (Å²) in [6.07, 6.45) is -16.6. The lowest BCUT2D eigenvalue weighted by molar-refractivity contribution is -0.295. The second kappa shape index (κ2) is 20.4. The van der Waals surface area contributed by atoms with Crippen molar-refractivity contribution in [3.63, 3.8) is 0 Å². The Kier molecular flexibility index (Phi) is 15.7. The van der Waals surface area contributed by atoms with Crippen molar-refractivity contribution in [2.45, 2.75) is 144 Å². The minimum atomic E-state index is -1.74. The zero-order valence-corrected chi connectivity index (χ0v) is 30.6. The molecule has 3 heterocycles. The molecule has 0 radical (unpaired) electrons. The monoisotopic (exact) mass is 789 g/mol. The van der Waals surface area contributed by atoms with Crippen LogP contribution in [0.2, 0.25) is 0 Å². The van der Waals surface area contributed by atoms with Crippen molar-refractivity contribution in [3.8, 4) is 0 Å². The Bertz CT molecular complexity index is 1630. The molecule has 6 N–H and O–H groups in total. The van der Waals surface area contributed by atoms with Gasteiger partial charge in [0.2, 0.25) is 0 Å². The number of aliphatic hydroxyl groups excluding tert-OH is 5. The fourth-order valence-corrected chi connectivity index (χ4v) is 7.50. The summed E-state index contributed by atoms with van der Waals surface area (Å²) < 4.78 is 36.6. The van der Waals surface area contributed by atoms with Crippen LogP contribution in [0.25, 0.3) is 41.8 Å². The molecule has 1 saturated carbocycles. The zero-order chi connectivity index (χ0) is 40.4. The van der Waals surface area contributed by atoms with Gasteiger partial charge in [-0.3, -0.25) is 0 Å². The number of nitrogens with one attached hydrogen (secondary N) is 1. The van der Waals surface area contributed by atoms with E-state index in [0.29, 0.717) is 19.4 Å². The number of rotatable bonds is 16. The van der Waals surface area contributed by atoms with Crippen LogP contribution < -0.4 is 5.32 Å². The van der Waals surface area contributed by atoms with Gasteiger partial charge in [-0.15, -0.1) is 0 Å². The Morgan fingerprint density at radius 1 is 0.750 bits per heavy atom. The second-order valence-electron chi connectivity index (χ2n) is 14.2. The van der Waals surface area contributed by atoms with E-state index in [0.717, 1.165) is 5.56 Å². The number of benzene rings is 1. The van der Waals surface area contributed by atoms with Gasteiger partial charge in [0.25, 0.3) is 0 Å². The summed E-state index contributed by atoms with van der Waals surface area (Å²) in [6, 6.07) is 6.37. The average Bonchev–Trinajstić information content (AvgIpc) is 3.50. The summed E-state index contributed by atoms with van der Waals surface area (Å²) in [5.41, 5.74) is 37.6. The lowest BCUT2D eigenvalue weighted by Crippen LogP contribution is -2.60. The van der Waals surface area contributed by atoms with E-state index in [1.807, 2.05) is 37.3 Å². The van der Waals surface area contributed by atoms with E-state index in [1.165, 1.54) is 0 Å². The molecule has 4 fully saturated rings. The molecule has 18 atom stereocenters. The van der Waals surface area contributed by atoms with E-state index >= 15 is 0 Å². The number of hydrogen-bond donors (Lipinski definition) is 6. The summed E-state index contributed by atoms with van der Waals surface area (Å²) >= 11 is 0. The molecule has 24 heteroatoms. The smallest absolute Gasteiger partial charge is 0.187 e. The molecular formula is C32H47N13O11. The van der Waals surface area contributed by atoms with Gasteiger partial charge in [-0.1, -0.05) is 57.7 Å². The molecule has 18 unspecified atom stereocenters. The van der Waals surface area contributed by atoms with E-state index in [4.69, 9.17) is 39.5 Å². The van der Waals surface area contributed by atoms with Crippen molar-refractivity contribution in [3.05, 3.63) is 77.7 Å². The van der Waals surface area contributed by atoms with Crippen LogP contribution in [0.15, 0.2) is 50.8 Å². The van der Waals surface area contributed by atoms with Crippen molar-refractivity contribution in [2.24, 2.45) is 26.4 Å². The Morgan fingerprint density at radius 2 is 1.41 bits per heavy atom. The lowest BCUT2D eigenvalue weighted by atomic mass is 9.80. The molecule has 1 aromatic rings. The number of nitrogens with zero attached hydrogens (tertiary/aromatic N) is 12. The first-order valence-electron chi connectivity index (χ1n) is 18.2. The fraction of sp³-hybridized carbons (Fsp3) is 0.812. The third-order valence-electron chi connectivity index (χ3n) is 10.6. The molecule has 0 amide bonds. The molecule has 0 bridgehead atoms. The number of aliphatic hydroxyl groups is 5. The predicted molar refractivity (Wildman–Crippen MR) is 190 cm³/mol. The highest BCUT2D eigenvalue weighted by Crippen LogP contribution is 2.38. The van der Waals surface area contributed by atoms with Crippen LogP contribution >= 0.6 is 0 Å². The number of azide groups is 4. The van der Waals surface area contributed by atoms with E-state index in [1.54, 1.807) is 6.92 Å². The van der Waals surface area contributed by atoms with E-state index in [2.05, 4.69) is 45.4 Å². The molecule has 4 aliphatic rings. The highest BCUT2D eigenvalue weighted by Gasteiger charge is 2.54. The van der Waals surface area contributed by atoms with Crippen LogP contribution in [0.3, 0.4) is 0 Å². The molecule has 3 aliphatic heterocycles. The normalized spacial score (nSPS) is 40.2. The van der Waals surface area contributed by atoms with Gasteiger partial charge in [-0.25, -0.2) is 0 Å². The maximum absolute atomic E-state index is 11.5. The lowest BCUT2D eigenvalue weighted by Gasteiger charge is -2.46. The molecule has 0 spiro atoms. The van der Waals surface area contributed by atoms with Gasteiger partial charge in [0, 0.05) is 32.2 Å². The third kappa shape index (κ3) is 10.1. The van der Waals surface area contributed by atoms with Crippen molar-refractivity contribution >= 4 is 0 Å². The van der Waals surface area contributed by atoms with Gasteiger partial charge < -0.3 is 59.3 Å². The summed E-state index contributed by atoms with van der Waals surface area (Å²) in [5.74, 6) is -0.469. The molecule has 5 rings (SSSR count). The van der Waals surface area contributed by atoms with Crippen molar-refractivity contribution < 1.29 is 54.0 Å². The highest BCUT2D eigenvalue weighted by atomic mass is 16.8. The molecule has 3 saturated heterocycles. The average molecular weight is 790 g/mol. The number of hydrogen-bond acceptors (Lipinski definition) is 16. The molecule has 56 heavy (non-hydrogen) atoms. The van der Waals surface area contributed by atoms with Crippen molar-refractivity contribution in [1.29, 1.82) is 0 Å². The van der Waals surface area contributed by atoms with Gasteiger partial charge >= 0.3 is 0 Å². The summed E-state index contributed by atoms with van der Waals surface area (Å²) in [6.45, 7) is 3.15. The molecule has 24 nitrogen and oxygen atoms in total. The molecule has 0 aromatic heterocycles. The first-order valence-corrected chi connectivity index (χ1v) is 18.2. The Balaban J connectivity index is 1.35. The molecule has 1 aliphatic carbocycles. The van der Waals surface area contributed by atoms with Gasteiger partial charge in [-0.05, 0) is 59.8 Å². The largest absolute Gasteiger partial charge is 0.394 e. The summed E-state index contributed by atoms with van der Waals surface area (Å²) in [4.78, 5) is 11.2. The minimum Gasteiger partial charge on any atom is -0.394 e. The fourth-order valence-electron chi connectivity index (χ4n) is 7.50. The van der Waals surface area contributed by atoms with E-state index < -0.39 is 111 Å². The SMILES string of the molecule is CC1CC(N=[N+]=[N-])C(O)C(OC2OC(CO)C(OC3OC(CN=[N+]=[N-])C(O)C(O)C3N=[N+]=[N-])C2O)C1OC1OC(C(C)NCc2ccccc2)CCC1N=[N+]=[N-]. The maximum atomic E-state index is 11.5. The second-order valence-corrected chi connectivity index (χ2v) is 14.2. The van der Waals surface area contributed by atoms with Crippen LogP contribution in [0.4, 0.5) is 0 Å². The van der Waals surface area contributed by atoms with Crippen LogP contribution in [-0.2, 0) is 35.0 Å². The molecule has 1 aromatic carbocycles. The maximum Gasteiger partial charge on any atom is 0.187 e. The quantitative estimate of drug-likeness (QED) is 0.0797. The zero-order valence-electron chi connectivity index (χ0n) is 30.6. The molecular weight excluding hydrogens is 742 g/mol. The van der Waals surface area contributed by atoms with Gasteiger partial charge in [0.15, 0.2) is 18.9 Å². The Hall–Kier alpha value is -4.02. The van der Waals surface area contributed by atoms with Crippen LogP contribution in [-0.4, -0.2) is 143 Å². The van der Waals surface area contributed by atoms with E-state index in [9.17, 15) is 36.6 Å². The van der Waals surface area contributed by atoms with Crippen molar-refractivity contribution in [1.82, 2.24) is 5.32 Å². The van der Waals surface area contributed by atoms with Gasteiger partial charge in [0.05, 0.1) is 55.8 Å². The summed E-state index contributed by atoms with van der Waals surface area (Å²) in [5, 5.41) is 72.4. The predicted octanol–water partition coefficient (Wildman–Crippen LogP) is 2.10. The first kappa shape index (κ1) is 43.1. The molecule has 306 valence electrons. The van der Waals surface area contributed by atoms with E-state index in [-0.39, 0.29) is 18.6 Å². The van der Waals surface area contributed by atoms with Crippen molar-refractivity contribution in [2.75, 3.05) is 13.2 Å². The van der Waals surface area contributed by atoms with Crippen LogP contribution in [0, 0.1) is 5.92 Å².